The lowest BCUT2D eigenvalue weighted by molar-refractivity contribution is 0.282. The van der Waals surface area contributed by atoms with Gasteiger partial charge < -0.3 is 10.6 Å². The molecule has 0 aliphatic heterocycles. The second-order valence-corrected chi connectivity index (χ2v) is 9.30. The highest BCUT2D eigenvalue weighted by Gasteiger charge is 2.18. The molecule has 2 N–H and O–H groups in total. The van der Waals surface area contributed by atoms with Gasteiger partial charge in [0.05, 0.1) is 4.90 Å². The fourth-order valence-corrected chi connectivity index (χ4v) is 4.59. The van der Waals surface area contributed by atoms with E-state index in [1.165, 1.54) is 31.9 Å². The molecular formula is C19H32IN3O2S. The smallest absolute Gasteiger partial charge is 0.191 e. The Morgan fingerprint density at radius 1 is 1.27 bits per heavy atom. The number of nitrogens with zero attached hydrogens (tertiary/aromatic N) is 1. The molecular weight excluding hydrogens is 461 g/mol. The van der Waals surface area contributed by atoms with Crippen molar-refractivity contribution in [2.24, 2.45) is 16.8 Å². The lowest BCUT2D eigenvalue weighted by Crippen LogP contribution is -2.40. The first kappa shape index (κ1) is 23.2. The minimum atomic E-state index is -3.17. The number of halogens is 1. The van der Waals surface area contributed by atoms with E-state index in [-0.39, 0.29) is 24.0 Å². The SMILES string of the molecule is CN=C(NCc1ccc(S(C)(=O)=O)c(C)c1)NCC1CCCC(C)C1.I. The van der Waals surface area contributed by atoms with Gasteiger partial charge in [0.25, 0.3) is 0 Å². The van der Waals surface area contributed by atoms with Gasteiger partial charge in [0, 0.05) is 26.4 Å². The first-order valence-corrected chi connectivity index (χ1v) is 10.9. The van der Waals surface area contributed by atoms with Gasteiger partial charge >= 0.3 is 0 Å². The molecule has 0 heterocycles. The van der Waals surface area contributed by atoms with Crippen LogP contribution in [0, 0.1) is 18.8 Å². The summed E-state index contributed by atoms with van der Waals surface area (Å²) < 4.78 is 23.4. The zero-order valence-electron chi connectivity index (χ0n) is 16.2. The number of hydrogen-bond acceptors (Lipinski definition) is 3. The Hall–Kier alpha value is -0.830. The Labute approximate surface area is 175 Å². The van der Waals surface area contributed by atoms with Crippen LogP contribution < -0.4 is 10.6 Å². The van der Waals surface area contributed by atoms with E-state index in [0.717, 1.165) is 35.5 Å². The summed E-state index contributed by atoms with van der Waals surface area (Å²) in [6.07, 6.45) is 6.50. The van der Waals surface area contributed by atoms with Gasteiger partial charge in [-0.05, 0) is 48.8 Å². The third kappa shape index (κ3) is 7.06. The standard InChI is InChI=1S/C19H31N3O2S.HI/c1-14-6-5-7-16(10-14)12-21-19(20-3)22-13-17-8-9-18(15(2)11-17)25(4,23)24;/h8-9,11,14,16H,5-7,10,12-13H2,1-4H3,(H2,20,21,22);1H. The van der Waals surface area contributed by atoms with E-state index in [1.807, 2.05) is 19.1 Å². The van der Waals surface area contributed by atoms with Crippen LogP contribution in [-0.4, -0.2) is 34.2 Å². The minimum absolute atomic E-state index is 0. The van der Waals surface area contributed by atoms with Gasteiger partial charge in [0.1, 0.15) is 0 Å². The molecule has 0 bridgehead atoms. The topological polar surface area (TPSA) is 70.6 Å². The highest BCUT2D eigenvalue weighted by Crippen LogP contribution is 2.27. The number of nitrogens with one attached hydrogen (secondary N) is 2. The van der Waals surface area contributed by atoms with Crippen LogP contribution in [0.5, 0.6) is 0 Å². The molecule has 1 aromatic carbocycles. The zero-order chi connectivity index (χ0) is 18.4. The Morgan fingerprint density at radius 3 is 2.58 bits per heavy atom. The molecule has 1 aliphatic carbocycles. The average molecular weight is 493 g/mol. The minimum Gasteiger partial charge on any atom is -0.356 e. The first-order chi connectivity index (χ1) is 11.8. The molecule has 2 rings (SSSR count). The largest absolute Gasteiger partial charge is 0.356 e. The number of guanidine groups is 1. The second-order valence-electron chi connectivity index (χ2n) is 7.32. The number of aryl methyl sites for hydroxylation is 1. The van der Waals surface area contributed by atoms with Crippen LogP contribution in [0.15, 0.2) is 28.1 Å². The van der Waals surface area contributed by atoms with Gasteiger partial charge in [-0.25, -0.2) is 8.42 Å². The van der Waals surface area contributed by atoms with Crippen LogP contribution in [0.2, 0.25) is 0 Å². The third-order valence-electron chi connectivity index (χ3n) is 4.93. The molecule has 0 aromatic heterocycles. The zero-order valence-corrected chi connectivity index (χ0v) is 19.4. The van der Waals surface area contributed by atoms with E-state index in [9.17, 15) is 8.42 Å². The van der Waals surface area contributed by atoms with Crippen LogP contribution in [0.4, 0.5) is 0 Å². The van der Waals surface area contributed by atoms with Crippen molar-refractivity contribution in [2.75, 3.05) is 19.8 Å². The molecule has 0 amide bonds. The van der Waals surface area contributed by atoms with E-state index in [4.69, 9.17) is 0 Å². The monoisotopic (exact) mass is 493 g/mol. The first-order valence-electron chi connectivity index (χ1n) is 9.03. The Morgan fingerprint density at radius 2 is 2.00 bits per heavy atom. The van der Waals surface area contributed by atoms with Gasteiger partial charge in [-0.1, -0.05) is 31.9 Å². The molecule has 148 valence electrons. The summed E-state index contributed by atoms with van der Waals surface area (Å²) in [5.74, 6) is 2.34. The maximum atomic E-state index is 11.7. The summed E-state index contributed by atoms with van der Waals surface area (Å²) in [7, 11) is -1.39. The van der Waals surface area contributed by atoms with Gasteiger partial charge in [-0.15, -0.1) is 24.0 Å². The summed E-state index contributed by atoms with van der Waals surface area (Å²) >= 11 is 0. The normalized spacial score (nSPS) is 21.0. The number of benzene rings is 1. The van der Waals surface area contributed by atoms with Gasteiger partial charge in [0.2, 0.25) is 0 Å². The van der Waals surface area contributed by atoms with E-state index in [0.29, 0.717) is 11.4 Å². The van der Waals surface area contributed by atoms with E-state index in [2.05, 4.69) is 22.5 Å². The van der Waals surface area contributed by atoms with E-state index < -0.39 is 9.84 Å². The maximum absolute atomic E-state index is 11.7. The average Bonchev–Trinajstić information content (AvgIpc) is 2.54. The van der Waals surface area contributed by atoms with E-state index >= 15 is 0 Å². The maximum Gasteiger partial charge on any atom is 0.191 e. The van der Waals surface area contributed by atoms with Crippen LogP contribution in [0.3, 0.4) is 0 Å². The molecule has 0 radical (unpaired) electrons. The molecule has 5 nitrogen and oxygen atoms in total. The Kier molecular flexibility index (Phi) is 9.36. The van der Waals surface area contributed by atoms with Crippen LogP contribution in [0.25, 0.3) is 0 Å². The summed E-state index contributed by atoms with van der Waals surface area (Å²) in [6, 6.07) is 5.45. The number of sulfone groups is 1. The van der Waals surface area contributed by atoms with Crippen LogP contribution in [0.1, 0.15) is 43.7 Å². The lowest BCUT2D eigenvalue weighted by Gasteiger charge is -2.27. The predicted octanol–water partition coefficient (Wildman–Crippen LogP) is 3.51. The van der Waals surface area contributed by atoms with Crippen molar-refractivity contribution in [1.29, 1.82) is 0 Å². The van der Waals surface area contributed by atoms with Crippen molar-refractivity contribution in [3.05, 3.63) is 29.3 Å². The van der Waals surface area contributed by atoms with Crippen molar-refractivity contribution in [3.8, 4) is 0 Å². The molecule has 0 saturated heterocycles. The molecule has 1 aliphatic rings. The lowest BCUT2D eigenvalue weighted by atomic mass is 9.82. The van der Waals surface area contributed by atoms with Crippen molar-refractivity contribution in [1.82, 2.24) is 10.6 Å². The summed E-state index contributed by atoms with van der Waals surface area (Å²) in [4.78, 5) is 4.68. The summed E-state index contributed by atoms with van der Waals surface area (Å²) in [5.41, 5.74) is 1.82. The molecule has 1 saturated carbocycles. The third-order valence-corrected chi connectivity index (χ3v) is 6.18. The molecule has 26 heavy (non-hydrogen) atoms. The highest BCUT2D eigenvalue weighted by atomic mass is 127. The second kappa shape index (κ2) is 10.5. The predicted molar refractivity (Wildman–Crippen MR) is 119 cm³/mol. The quantitative estimate of drug-likeness (QED) is 0.374. The van der Waals surface area contributed by atoms with Crippen molar-refractivity contribution < 1.29 is 8.42 Å². The van der Waals surface area contributed by atoms with Crippen LogP contribution >= 0.6 is 24.0 Å². The number of rotatable bonds is 5. The van der Waals surface area contributed by atoms with Crippen LogP contribution in [-0.2, 0) is 16.4 Å². The van der Waals surface area contributed by atoms with Crippen molar-refractivity contribution >= 4 is 39.8 Å². The molecule has 0 spiro atoms. The fraction of sp³-hybridized carbons (Fsp3) is 0.632. The van der Waals surface area contributed by atoms with Gasteiger partial charge in [0.15, 0.2) is 15.8 Å². The number of hydrogen-bond donors (Lipinski definition) is 2. The summed E-state index contributed by atoms with van der Waals surface area (Å²) in [5, 5.41) is 6.73. The Bertz CT molecular complexity index is 719. The summed E-state index contributed by atoms with van der Waals surface area (Å²) in [6.45, 7) is 5.74. The Balaban J connectivity index is 0.00000338. The molecule has 1 aromatic rings. The van der Waals surface area contributed by atoms with Gasteiger partial charge in [-0.2, -0.15) is 0 Å². The molecule has 2 atom stereocenters. The van der Waals surface area contributed by atoms with E-state index in [1.54, 1.807) is 13.1 Å². The van der Waals surface area contributed by atoms with Gasteiger partial charge in [-0.3, -0.25) is 4.99 Å². The molecule has 2 unspecified atom stereocenters. The molecule has 1 fully saturated rings. The highest BCUT2D eigenvalue weighted by molar-refractivity contribution is 14.0. The number of aliphatic imine (C=N–C) groups is 1. The fourth-order valence-electron chi connectivity index (χ4n) is 3.63. The van der Waals surface area contributed by atoms with Crippen molar-refractivity contribution in [3.63, 3.8) is 0 Å². The van der Waals surface area contributed by atoms with Crippen molar-refractivity contribution in [2.45, 2.75) is 51.0 Å². The molecule has 7 heteroatoms.